The van der Waals surface area contributed by atoms with Crippen molar-refractivity contribution < 1.29 is 8.42 Å². The molecule has 0 aromatic heterocycles. The summed E-state index contributed by atoms with van der Waals surface area (Å²) in [6.07, 6.45) is 2.00. The Hall–Kier alpha value is -2.34. The SMILES string of the molecule is CN=C(NCCc1ccc(S(C)(=O)=O)cc1)NC(C)C(C)c1ccccc1. The number of sulfone groups is 1. The molecule has 0 radical (unpaired) electrons. The van der Waals surface area contributed by atoms with E-state index in [4.69, 9.17) is 0 Å². The second-order valence-corrected chi connectivity index (χ2v) is 8.81. The van der Waals surface area contributed by atoms with Crippen LogP contribution >= 0.6 is 0 Å². The average molecular weight is 388 g/mol. The quantitative estimate of drug-likeness (QED) is 0.566. The minimum atomic E-state index is -3.15. The van der Waals surface area contributed by atoms with Crippen molar-refractivity contribution in [2.45, 2.75) is 37.1 Å². The molecule has 0 heterocycles. The third kappa shape index (κ3) is 6.40. The van der Waals surface area contributed by atoms with E-state index < -0.39 is 9.84 Å². The summed E-state index contributed by atoms with van der Waals surface area (Å²) in [7, 11) is -1.39. The van der Waals surface area contributed by atoms with E-state index in [1.165, 1.54) is 11.8 Å². The van der Waals surface area contributed by atoms with Crippen LogP contribution in [0.25, 0.3) is 0 Å². The summed E-state index contributed by atoms with van der Waals surface area (Å²) in [5.74, 6) is 1.12. The monoisotopic (exact) mass is 387 g/mol. The van der Waals surface area contributed by atoms with E-state index in [1.54, 1.807) is 19.2 Å². The minimum absolute atomic E-state index is 0.229. The van der Waals surface area contributed by atoms with Crippen LogP contribution in [0, 0.1) is 0 Å². The van der Waals surface area contributed by atoms with Gasteiger partial charge < -0.3 is 10.6 Å². The van der Waals surface area contributed by atoms with Crippen LogP contribution in [0.2, 0.25) is 0 Å². The van der Waals surface area contributed by atoms with Crippen LogP contribution in [0.15, 0.2) is 64.5 Å². The van der Waals surface area contributed by atoms with Crippen molar-refractivity contribution in [2.24, 2.45) is 4.99 Å². The van der Waals surface area contributed by atoms with E-state index >= 15 is 0 Å². The first kappa shape index (κ1) is 21.0. The fourth-order valence-corrected chi connectivity index (χ4v) is 3.44. The van der Waals surface area contributed by atoms with Crippen molar-refractivity contribution in [2.75, 3.05) is 19.8 Å². The molecular formula is C21H29N3O2S. The summed E-state index contributed by atoms with van der Waals surface area (Å²) in [6, 6.07) is 17.7. The molecule has 0 spiro atoms. The lowest BCUT2D eigenvalue weighted by atomic mass is 9.94. The van der Waals surface area contributed by atoms with Crippen LogP contribution in [0.5, 0.6) is 0 Å². The van der Waals surface area contributed by atoms with Gasteiger partial charge in [0.1, 0.15) is 0 Å². The molecule has 2 rings (SSSR count). The fraction of sp³-hybridized carbons (Fsp3) is 0.381. The van der Waals surface area contributed by atoms with Crippen molar-refractivity contribution in [1.29, 1.82) is 0 Å². The zero-order valence-corrected chi connectivity index (χ0v) is 17.3. The summed E-state index contributed by atoms with van der Waals surface area (Å²) < 4.78 is 23.0. The molecule has 0 amide bonds. The summed E-state index contributed by atoms with van der Waals surface area (Å²) in [5, 5.41) is 6.76. The molecule has 0 aliphatic carbocycles. The average Bonchev–Trinajstić information content (AvgIpc) is 2.66. The summed E-state index contributed by atoms with van der Waals surface area (Å²) in [5.41, 5.74) is 2.37. The number of nitrogens with zero attached hydrogens (tertiary/aromatic N) is 1. The van der Waals surface area contributed by atoms with Gasteiger partial charge >= 0.3 is 0 Å². The molecule has 0 saturated carbocycles. The molecule has 6 heteroatoms. The van der Waals surface area contributed by atoms with Gasteiger partial charge in [0.05, 0.1) is 4.90 Å². The van der Waals surface area contributed by atoms with Gasteiger partial charge in [-0.3, -0.25) is 4.99 Å². The summed E-state index contributed by atoms with van der Waals surface area (Å²) >= 11 is 0. The van der Waals surface area contributed by atoms with Crippen LogP contribution in [0.4, 0.5) is 0 Å². The van der Waals surface area contributed by atoms with Gasteiger partial charge in [-0.2, -0.15) is 0 Å². The van der Waals surface area contributed by atoms with E-state index in [0.29, 0.717) is 17.4 Å². The molecule has 0 bridgehead atoms. The number of aliphatic imine (C=N–C) groups is 1. The largest absolute Gasteiger partial charge is 0.356 e. The molecule has 0 saturated heterocycles. The first-order valence-electron chi connectivity index (χ1n) is 9.12. The number of hydrogen-bond donors (Lipinski definition) is 2. The Labute approximate surface area is 162 Å². The Bertz CT molecular complexity index is 847. The molecule has 0 fully saturated rings. The van der Waals surface area contributed by atoms with E-state index in [2.05, 4.69) is 53.7 Å². The highest BCUT2D eigenvalue weighted by molar-refractivity contribution is 7.90. The second-order valence-electron chi connectivity index (χ2n) is 6.80. The van der Waals surface area contributed by atoms with Gasteiger partial charge in [-0.15, -0.1) is 0 Å². The Morgan fingerprint density at radius 2 is 1.67 bits per heavy atom. The van der Waals surface area contributed by atoms with Gasteiger partial charge in [0.15, 0.2) is 15.8 Å². The molecule has 0 aliphatic heterocycles. The Kier molecular flexibility index (Phi) is 7.42. The van der Waals surface area contributed by atoms with Crippen LogP contribution in [0.1, 0.15) is 30.9 Å². The van der Waals surface area contributed by atoms with E-state index in [-0.39, 0.29) is 6.04 Å². The Morgan fingerprint density at radius 3 is 2.22 bits per heavy atom. The smallest absolute Gasteiger partial charge is 0.191 e. The highest BCUT2D eigenvalue weighted by atomic mass is 32.2. The van der Waals surface area contributed by atoms with Gasteiger partial charge in [-0.05, 0) is 36.6 Å². The normalized spacial score (nSPS) is 14.4. The van der Waals surface area contributed by atoms with E-state index in [1.807, 2.05) is 18.2 Å². The zero-order chi connectivity index (χ0) is 19.9. The number of nitrogens with one attached hydrogen (secondary N) is 2. The lowest BCUT2D eigenvalue weighted by Gasteiger charge is -2.24. The standard InChI is InChI=1S/C21H29N3O2S/c1-16(19-8-6-5-7-9-19)17(2)24-21(22-3)23-15-14-18-10-12-20(13-11-18)27(4,25)26/h5-13,16-17H,14-15H2,1-4H3,(H2,22,23,24). The highest BCUT2D eigenvalue weighted by Gasteiger charge is 2.15. The molecule has 2 aromatic rings. The van der Waals surface area contributed by atoms with Crippen LogP contribution in [-0.2, 0) is 16.3 Å². The predicted molar refractivity (Wildman–Crippen MR) is 112 cm³/mol. The second kappa shape index (κ2) is 9.55. The van der Waals surface area contributed by atoms with Crippen LogP contribution < -0.4 is 10.6 Å². The first-order valence-corrected chi connectivity index (χ1v) is 11.0. The number of guanidine groups is 1. The maximum Gasteiger partial charge on any atom is 0.191 e. The molecule has 146 valence electrons. The maximum absolute atomic E-state index is 11.5. The molecule has 2 unspecified atom stereocenters. The van der Waals surface area contributed by atoms with Crippen LogP contribution in [0.3, 0.4) is 0 Å². The lowest BCUT2D eigenvalue weighted by molar-refractivity contribution is 0.550. The van der Waals surface area contributed by atoms with Crippen molar-refractivity contribution in [1.82, 2.24) is 10.6 Å². The Balaban J connectivity index is 1.85. The Morgan fingerprint density at radius 1 is 1.04 bits per heavy atom. The number of rotatable bonds is 7. The molecule has 5 nitrogen and oxygen atoms in total. The third-order valence-electron chi connectivity index (χ3n) is 4.72. The van der Waals surface area contributed by atoms with Crippen molar-refractivity contribution in [3.8, 4) is 0 Å². The molecule has 0 aliphatic rings. The maximum atomic E-state index is 11.5. The topological polar surface area (TPSA) is 70.6 Å². The zero-order valence-electron chi connectivity index (χ0n) is 16.4. The lowest BCUT2D eigenvalue weighted by Crippen LogP contribution is -2.44. The van der Waals surface area contributed by atoms with Crippen molar-refractivity contribution >= 4 is 15.8 Å². The number of benzene rings is 2. The third-order valence-corrected chi connectivity index (χ3v) is 5.85. The molecule has 2 N–H and O–H groups in total. The van der Waals surface area contributed by atoms with Gasteiger partial charge in [-0.1, -0.05) is 49.4 Å². The van der Waals surface area contributed by atoms with Crippen LogP contribution in [-0.4, -0.2) is 40.3 Å². The molecule has 2 aromatic carbocycles. The molecule has 2 atom stereocenters. The summed E-state index contributed by atoms with van der Waals surface area (Å²) in [4.78, 5) is 4.64. The van der Waals surface area contributed by atoms with Gasteiger partial charge in [0.25, 0.3) is 0 Å². The van der Waals surface area contributed by atoms with Crippen molar-refractivity contribution in [3.05, 3.63) is 65.7 Å². The van der Waals surface area contributed by atoms with Crippen molar-refractivity contribution in [3.63, 3.8) is 0 Å². The minimum Gasteiger partial charge on any atom is -0.356 e. The van der Waals surface area contributed by atoms with E-state index in [0.717, 1.165) is 17.9 Å². The first-order chi connectivity index (χ1) is 12.8. The number of hydrogen-bond acceptors (Lipinski definition) is 3. The van der Waals surface area contributed by atoms with Gasteiger partial charge in [0, 0.05) is 31.8 Å². The predicted octanol–water partition coefficient (Wildman–Crippen LogP) is 2.99. The summed E-state index contributed by atoms with van der Waals surface area (Å²) in [6.45, 7) is 5.06. The van der Waals surface area contributed by atoms with E-state index in [9.17, 15) is 8.42 Å². The van der Waals surface area contributed by atoms with Gasteiger partial charge in [0.2, 0.25) is 0 Å². The fourth-order valence-electron chi connectivity index (χ4n) is 2.81. The molecule has 27 heavy (non-hydrogen) atoms. The molecular weight excluding hydrogens is 358 g/mol. The van der Waals surface area contributed by atoms with Gasteiger partial charge in [-0.25, -0.2) is 8.42 Å². The highest BCUT2D eigenvalue weighted by Crippen LogP contribution is 2.18.